The summed E-state index contributed by atoms with van der Waals surface area (Å²) in [6.07, 6.45) is 3.85. The Balaban J connectivity index is 1.81. The minimum atomic E-state index is 0.414. The Morgan fingerprint density at radius 3 is 2.74 bits per heavy atom. The molecule has 0 saturated carbocycles. The van der Waals surface area contributed by atoms with E-state index in [4.69, 9.17) is 16.3 Å². The standard InChI is InChI=1S/C14H15ClN2OS/c1-19-14-16-12(15)10-13(17-14)18-9-5-8-11-6-3-2-4-7-11/h2-4,6-7,10H,5,8-9H2,1H3. The summed E-state index contributed by atoms with van der Waals surface area (Å²) in [5, 5.41) is 1.04. The van der Waals surface area contributed by atoms with E-state index in [1.165, 1.54) is 17.3 Å². The summed E-state index contributed by atoms with van der Waals surface area (Å²) in [7, 11) is 0. The summed E-state index contributed by atoms with van der Waals surface area (Å²) in [4.78, 5) is 8.31. The normalized spacial score (nSPS) is 10.4. The largest absolute Gasteiger partial charge is 0.478 e. The fourth-order valence-corrected chi connectivity index (χ4v) is 2.23. The second-order valence-electron chi connectivity index (χ2n) is 3.95. The van der Waals surface area contributed by atoms with Gasteiger partial charge in [0.15, 0.2) is 5.16 Å². The maximum absolute atomic E-state index is 5.89. The first-order valence-corrected chi connectivity index (χ1v) is 7.63. The molecule has 0 fully saturated rings. The molecule has 0 radical (unpaired) electrons. The Bertz CT molecular complexity index is 522. The summed E-state index contributed by atoms with van der Waals surface area (Å²) in [5.41, 5.74) is 1.32. The number of aryl methyl sites for hydroxylation is 1. The van der Waals surface area contributed by atoms with Gasteiger partial charge in [0.05, 0.1) is 6.61 Å². The average molecular weight is 295 g/mol. The molecule has 0 unspecified atom stereocenters. The van der Waals surface area contributed by atoms with Crippen molar-refractivity contribution in [3.63, 3.8) is 0 Å². The minimum absolute atomic E-state index is 0.414. The molecule has 1 aromatic carbocycles. The Morgan fingerprint density at radius 1 is 1.21 bits per heavy atom. The molecule has 0 atom stereocenters. The third-order valence-corrected chi connectivity index (χ3v) is 3.28. The third kappa shape index (κ3) is 4.73. The van der Waals surface area contributed by atoms with Gasteiger partial charge in [0.2, 0.25) is 5.88 Å². The zero-order valence-corrected chi connectivity index (χ0v) is 12.2. The van der Waals surface area contributed by atoms with Crippen molar-refractivity contribution in [1.29, 1.82) is 0 Å². The number of aromatic nitrogens is 2. The fourth-order valence-electron chi connectivity index (χ4n) is 1.64. The number of ether oxygens (including phenoxy) is 1. The highest BCUT2D eigenvalue weighted by Gasteiger charge is 2.03. The highest BCUT2D eigenvalue weighted by atomic mass is 35.5. The number of halogens is 1. The van der Waals surface area contributed by atoms with E-state index < -0.39 is 0 Å². The summed E-state index contributed by atoms with van der Waals surface area (Å²) < 4.78 is 5.60. The van der Waals surface area contributed by atoms with E-state index in [-0.39, 0.29) is 0 Å². The van der Waals surface area contributed by atoms with E-state index in [0.717, 1.165) is 12.8 Å². The molecule has 3 nitrogen and oxygen atoms in total. The molecule has 5 heteroatoms. The lowest BCUT2D eigenvalue weighted by Gasteiger charge is -2.06. The van der Waals surface area contributed by atoms with Gasteiger partial charge in [-0.3, -0.25) is 0 Å². The van der Waals surface area contributed by atoms with Crippen LogP contribution in [0.5, 0.6) is 5.88 Å². The zero-order valence-electron chi connectivity index (χ0n) is 10.7. The molecule has 0 bridgehead atoms. The van der Waals surface area contributed by atoms with Crippen molar-refractivity contribution in [2.75, 3.05) is 12.9 Å². The Labute approximate surface area is 122 Å². The van der Waals surface area contributed by atoms with Gasteiger partial charge < -0.3 is 4.74 Å². The molecular weight excluding hydrogens is 280 g/mol. The van der Waals surface area contributed by atoms with Crippen LogP contribution >= 0.6 is 23.4 Å². The number of hydrogen-bond acceptors (Lipinski definition) is 4. The van der Waals surface area contributed by atoms with Gasteiger partial charge in [0.1, 0.15) is 5.15 Å². The molecule has 1 heterocycles. The van der Waals surface area contributed by atoms with E-state index in [2.05, 4.69) is 22.1 Å². The first kappa shape index (κ1) is 14.2. The minimum Gasteiger partial charge on any atom is -0.478 e. The van der Waals surface area contributed by atoms with Crippen LogP contribution in [0, 0.1) is 0 Å². The van der Waals surface area contributed by atoms with Crippen LogP contribution in [0.2, 0.25) is 5.15 Å². The number of rotatable bonds is 6. The monoisotopic (exact) mass is 294 g/mol. The van der Waals surface area contributed by atoms with E-state index in [1.54, 1.807) is 6.07 Å². The Hall–Kier alpha value is -1.26. The summed E-state index contributed by atoms with van der Waals surface area (Å²) in [5.74, 6) is 0.539. The van der Waals surface area contributed by atoms with Crippen LogP contribution in [0.4, 0.5) is 0 Å². The molecule has 2 rings (SSSR count). The quantitative estimate of drug-likeness (QED) is 0.351. The predicted octanol–water partition coefficient (Wildman–Crippen LogP) is 3.86. The van der Waals surface area contributed by atoms with E-state index >= 15 is 0 Å². The molecule has 2 aromatic rings. The molecule has 0 aliphatic carbocycles. The van der Waals surface area contributed by atoms with Crippen molar-refractivity contribution >= 4 is 23.4 Å². The lowest BCUT2D eigenvalue weighted by molar-refractivity contribution is 0.296. The molecule has 0 saturated heterocycles. The summed E-state index contributed by atoms with van der Waals surface area (Å²) in [6.45, 7) is 0.621. The molecule has 1 aromatic heterocycles. The maximum atomic E-state index is 5.89. The molecule has 0 spiro atoms. The lowest BCUT2D eigenvalue weighted by atomic mass is 10.1. The SMILES string of the molecule is CSc1nc(Cl)cc(OCCCc2ccccc2)n1. The van der Waals surface area contributed by atoms with Gasteiger partial charge in [0, 0.05) is 6.07 Å². The lowest BCUT2D eigenvalue weighted by Crippen LogP contribution is -2.02. The number of nitrogens with zero attached hydrogens (tertiary/aromatic N) is 2. The van der Waals surface area contributed by atoms with E-state index in [1.807, 2.05) is 24.5 Å². The van der Waals surface area contributed by atoms with Crippen molar-refractivity contribution in [1.82, 2.24) is 9.97 Å². The van der Waals surface area contributed by atoms with Crippen molar-refractivity contribution in [2.24, 2.45) is 0 Å². The van der Waals surface area contributed by atoms with Crippen LogP contribution in [0.1, 0.15) is 12.0 Å². The van der Waals surface area contributed by atoms with Gasteiger partial charge in [-0.05, 0) is 24.7 Å². The second kappa shape index (κ2) is 7.36. The van der Waals surface area contributed by atoms with Crippen LogP contribution in [0.25, 0.3) is 0 Å². The predicted molar refractivity (Wildman–Crippen MR) is 79.1 cm³/mol. The van der Waals surface area contributed by atoms with Gasteiger partial charge in [-0.2, -0.15) is 4.98 Å². The maximum Gasteiger partial charge on any atom is 0.218 e. The molecule has 0 aliphatic rings. The molecular formula is C14H15ClN2OS. The number of thioether (sulfide) groups is 1. The van der Waals surface area contributed by atoms with Gasteiger partial charge in [-0.1, -0.05) is 53.7 Å². The van der Waals surface area contributed by atoms with Crippen LogP contribution in [0.3, 0.4) is 0 Å². The highest BCUT2D eigenvalue weighted by Crippen LogP contribution is 2.18. The van der Waals surface area contributed by atoms with Crippen molar-refractivity contribution in [3.8, 4) is 5.88 Å². The average Bonchev–Trinajstić information content (AvgIpc) is 2.44. The van der Waals surface area contributed by atoms with Gasteiger partial charge >= 0.3 is 0 Å². The summed E-state index contributed by atoms with van der Waals surface area (Å²) >= 11 is 7.34. The highest BCUT2D eigenvalue weighted by molar-refractivity contribution is 7.98. The van der Waals surface area contributed by atoms with Crippen molar-refractivity contribution in [3.05, 3.63) is 47.1 Å². The van der Waals surface area contributed by atoms with Gasteiger partial charge in [-0.25, -0.2) is 4.98 Å². The Morgan fingerprint density at radius 2 is 2.00 bits per heavy atom. The molecule has 0 amide bonds. The fraction of sp³-hybridized carbons (Fsp3) is 0.286. The number of benzene rings is 1. The summed E-state index contributed by atoms with van der Waals surface area (Å²) in [6, 6.07) is 12.0. The van der Waals surface area contributed by atoms with Crippen LogP contribution in [-0.2, 0) is 6.42 Å². The Kier molecular flexibility index (Phi) is 5.48. The smallest absolute Gasteiger partial charge is 0.218 e. The molecule has 0 aliphatic heterocycles. The van der Waals surface area contributed by atoms with E-state index in [9.17, 15) is 0 Å². The van der Waals surface area contributed by atoms with Crippen LogP contribution in [0.15, 0.2) is 41.6 Å². The van der Waals surface area contributed by atoms with Crippen LogP contribution < -0.4 is 4.74 Å². The van der Waals surface area contributed by atoms with Gasteiger partial charge in [-0.15, -0.1) is 0 Å². The zero-order chi connectivity index (χ0) is 13.5. The van der Waals surface area contributed by atoms with E-state index in [0.29, 0.717) is 22.8 Å². The topological polar surface area (TPSA) is 35.0 Å². The molecule has 19 heavy (non-hydrogen) atoms. The third-order valence-electron chi connectivity index (χ3n) is 2.54. The van der Waals surface area contributed by atoms with Crippen molar-refractivity contribution < 1.29 is 4.74 Å². The number of hydrogen-bond donors (Lipinski definition) is 0. The first-order chi connectivity index (χ1) is 9.28. The van der Waals surface area contributed by atoms with Crippen molar-refractivity contribution in [2.45, 2.75) is 18.0 Å². The second-order valence-corrected chi connectivity index (χ2v) is 5.11. The molecule has 0 N–H and O–H groups in total. The first-order valence-electron chi connectivity index (χ1n) is 6.03. The molecule has 100 valence electrons. The van der Waals surface area contributed by atoms with Crippen LogP contribution in [-0.4, -0.2) is 22.8 Å². The van der Waals surface area contributed by atoms with Gasteiger partial charge in [0.25, 0.3) is 0 Å².